The number of hydrogen-bond donors (Lipinski definition) is 1. The third-order valence-electron chi connectivity index (χ3n) is 2.54. The molecule has 0 aliphatic rings. The summed E-state index contributed by atoms with van der Waals surface area (Å²) in [6.45, 7) is 6.75. The highest BCUT2D eigenvalue weighted by molar-refractivity contribution is 5.06. The van der Waals surface area contributed by atoms with Crippen molar-refractivity contribution in [3.63, 3.8) is 0 Å². The minimum absolute atomic E-state index is 0.0460. The fourth-order valence-electron chi connectivity index (χ4n) is 1.51. The zero-order chi connectivity index (χ0) is 13.2. The predicted octanol–water partition coefficient (Wildman–Crippen LogP) is 1.15. The number of aliphatic hydroxyl groups excluding tert-OH is 1. The van der Waals surface area contributed by atoms with Gasteiger partial charge in [-0.3, -0.25) is 0 Å². The summed E-state index contributed by atoms with van der Waals surface area (Å²) in [7, 11) is 0. The van der Waals surface area contributed by atoms with E-state index in [0.717, 1.165) is 11.5 Å². The monoisotopic (exact) mass is 250 g/mol. The summed E-state index contributed by atoms with van der Waals surface area (Å²) in [6, 6.07) is 0. The molecule has 2 heterocycles. The summed E-state index contributed by atoms with van der Waals surface area (Å²) in [5, 5.41) is 16.7. The second kappa shape index (κ2) is 4.89. The zero-order valence-corrected chi connectivity index (χ0v) is 10.9. The van der Waals surface area contributed by atoms with Gasteiger partial charge in [0.2, 0.25) is 5.89 Å². The van der Waals surface area contributed by atoms with E-state index in [1.807, 2.05) is 0 Å². The van der Waals surface area contributed by atoms with Crippen LogP contribution in [0.25, 0.3) is 0 Å². The Morgan fingerprint density at radius 3 is 2.78 bits per heavy atom. The fourth-order valence-corrected chi connectivity index (χ4v) is 1.51. The Kier molecular flexibility index (Phi) is 3.47. The van der Waals surface area contributed by atoms with Gasteiger partial charge in [-0.25, -0.2) is 9.67 Å². The van der Waals surface area contributed by atoms with Gasteiger partial charge in [0, 0.05) is 24.6 Å². The van der Waals surface area contributed by atoms with Crippen molar-refractivity contribution in [3.8, 4) is 0 Å². The van der Waals surface area contributed by atoms with Crippen LogP contribution in [0.3, 0.4) is 0 Å². The van der Waals surface area contributed by atoms with Crippen LogP contribution < -0.4 is 0 Å². The smallest absolute Gasteiger partial charge is 0.216 e. The maximum absolute atomic E-state index is 8.80. The molecule has 0 spiro atoms. The normalized spacial score (nSPS) is 12.0. The summed E-state index contributed by atoms with van der Waals surface area (Å²) < 4.78 is 7.33. The molecule has 6 heteroatoms. The van der Waals surface area contributed by atoms with Gasteiger partial charge in [0.1, 0.15) is 12.3 Å². The van der Waals surface area contributed by atoms with E-state index in [2.05, 4.69) is 36.1 Å². The maximum Gasteiger partial charge on any atom is 0.216 e. The molecule has 6 nitrogen and oxygen atoms in total. The van der Waals surface area contributed by atoms with E-state index in [-0.39, 0.29) is 12.0 Å². The molecule has 0 unspecified atom stereocenters. The standard InChI is InChI=1S/C12H18N4O2/c1-12(2,3)10-6-13-11(18-10)8-16-7-9(4-5-17)14-15-16/h6-7,17H,4-5,8H2,1-3H3. The first kappa shape index (κ1) is 12.8. The van der Waals surface area contributed by atoms with Crippen molar-refractivity contribution in [1.29, 1.82) is 0 Å². The van der Waals surface area contributed by atoms with Crippen molar-refractivity contribution in [2.75, 3.05) is 6.61 Å². The van der Waals surface area contributed by atoms with E-state index >= 15 is 0 Å². The average molecular weight is 250 g/mol. The summed E-state index contributed by atoms with van der Waals surface area (Å²) in [6.07, 6.45) is 4.05. The van der Waals surface area contributed by atoms with Gasteiger partial charge in [-0.05, 0) is 0 Å². The lowest BCUT2D eigenvalue weighted by atomic mass is 9.94. The summed E-state index contributed by atoms with van der Waals surface area (Å²) >= 11 is 0. The Hall–Kier alpha value is -1.69. The lowest BCUT2D eigenvalue weighted by Gasteiger charge is -2.12. The molecule has 0 saturated heterocycles. The Bertz CT molecular complexity index is 510. The molecule has 18 heavy (non-hydrogen) atoms. The van der Waals surface area contributed by atoms with Crippen LogP contribution in [-0.4, -0.2) is 31.7 Å². The number of rotatable bonds is 4. The first-order chi connectivity index (χ1) is 8.49. The van der Waals surface area contributed by atoms with E-state index in [1.165, 1.54) is 0 Å². The highest BCUT2D eigenvalue weighted by atomic mass is 16.4. The largest absolute Gasteiger partial charge is 0.443 e. The number of oxazole rings is 1. The van der Waals surface area contributed by atoms with Gasteiger partial charge in [0.15, 0.2) is 0 Å². The van der Waals surface area contributed by atoms with Gasteiger partial charge in [-0.2, -0.15) is 0 Å². The summed E-state index contributed by atoms with van der Waals surface area (Å²) in [5.41, 5.74) is 0.718. The van der Waals surface area contributed by atoms with E-state index in [1.54, 1.807) is 17.1 Å². The highest BCUT2D eigenvalue weighted by Crippen LogP contribution is 2.22. The molecule has 0 bridgehead atoms. The molecule has 0 aliphatic carbocycles. The van der Waals surface area contributed by atoms with E-state index < -0.39 is 0 Å². The SMILES string of the molecule is CC(C)(C)c1cnc(Cn2cc(CCO)nn2)o1. The van der Waals surface area contributed by atoms with E-state index in [4.69, 9.17) is 9.52 Å². The maximum atomic E-state index is 8.80. The second-order valence-electron chi connectivity index (χ2n) is 5.25. The van der Waals surface area contributed by atoms with Gasteiger partial charge < -0.3 is 9.52 Å². The third-order valence-corrected chi connectivity index (χ3v) is 2.54. The van der Waals surface area contributed by atoms with Crippen molar-refractivity contribution >= 4 is 0 Å². The van der Waals surface area contributed by atoms with Crippen molar-refractivity contribution in [1.82, 2.24) is 20.0 Å². The first-order valence-corrected chi connectivity index (χ1v) is 5.94. The van der Waals surface area contributed by atoms with Crippen molar-refractivity contribution in [2.24, 2.45) is 0 Å². The molecular formula is C12H18N4O2. The lowest BCUT2D eigenvalue weighted by molar-refractivity contribution is 0.298. The fraction of sp³-hybridized carbons (Fsp3) is 0.583. The Labute approximate surface area is 106 Å². The molecule has 1 N–H and O–H groups in total. The van der Waals surface area contributed by atoms with Crippen LogP contribution >= 0.6 is 0 Å². The van der Waals surface area contributed by atoms with Crippen LogP contribution in [0.4, 0.5) is 0 Å². The molecule has 0 aromatic carbocycles. The Morgan fingerprint density at radius 1 is 1.39 bits per heavy atom. The van der Waals surface area contributed by atoms with E-state index in [0.29, 0.717) is 18.9 Å². The number of hydrogen-bond acceptors (Lipinski definition) is 5. The number of aromatic nitrogens is 4. The lowest BCUT2D eigenvalue weighted by Crippen LogP contribution is -2.09. The zero-order valence-electron chi connectivity index (χ0n) is 10.9. The molecule has 0 saturated carbocycles. The van der Waals surface area contributed by atoms with Gasteiger partial charge in [-0.1, -0.05) is 26.0 Å². The molecule has 2 rings (SSSR count). The minimum atomic E-state index is -0.0460. The predicted molar refractivity (Wildman–Crippen MR) is 65.1 cm³/mol. The molecule has 0 atom stereocenters. The molecular weight excluding hydrogens is 232 g/mol. The Balaban J connectivity index is 2.06. The summed E-state index contributed by atoms with van der Waals surface area (Å²) in [5.74, 6) is 1.47. The molecule has 0 amide bonds. The van der Waals surface area contributed by atoms with Crippen LogP contribution in [-0.2, 0) is 18.4 Å². The summed E-state index contributed by atoms with van der Waals surface area (Å²) in [4.78, 5) is 4.23. The second-order valence-corrected chi connectivity index (χ2v) is 5.25. The third kappa shape index (κ3) is 2.95. The van der Waals surface area contributed by atoms with Crippen LogP contribution in [0.1, 0.15) is 38.1 Å². The van der Waals surface area contributed by atoms with E-state index in [9.17, 15) is 0 Å². The van der Waals surface area contributed by atoms with Crippen LogP contribution in [0.5, 0.6) is 0 Å². The quantitative estimate of drug-likeness (QED) is 0.880. The number of aliphatic hydroxyl groups is 1. The van der Waals surface area contributed by atoms with Crippen LogP contribution in [0, 0.1) is 0 Å². The highest BCUT2D eigenvalue weighted by Gasteiger charge is 2.19. The average Bonchev–Trinajstić information content (AvgIpc) is 2.88. The molecule has 0 fully saturated rings. The Morgan fingerprint density at radius 2 is 2.17 bits per heavy atom. The molecule has 2 aromatic heterocycles. The molecule has 98 valence electrons. The van der Waals surface area contributed by atoms with Gasteiger partial charge in [0.25, 0.3) is 0 Å². The minimum Gasteiger partial charge on any atom is -0.443 e. The van der Waals surface area contributed by atoms with Gasteiger partial charge in [0.05, 0.1) is 11.9 Å². The topological polar surface area (TPSA) is 77.0 Å². The molecule has 0 aliphatic heterocycles. The van der Waals surface area contributed by atoms with Crippen LogP contribution in [0.2, 0.25) is 0 Å². The molecule has 2 aromatic rings. The number of nitrogens with zero attached hydrogens (tertiary/aromatic N) is 4. The van der Waals surface area contributed by atoms with Crippen molar-refractivity contribution in [3.05, 3.63) is 29.7 Å². The van der Waals surface area contributed by atoms with Crippen molar-refractivity contribution < 1.29 is 9.52 Å². The first-order valence-electron chi connectivity index (χ1n) is 5.94. The van der Waals surface area contributed by atoms with Crippen molar-refractivity contribution in [2.45, 2.75) is 39.2 Å². The van der Waals surface area contributed by atoms with Gasteiger partial charge in [-0.15, -0.1) is 5.10 Å². The van der Waals surface area contributed by atoms with Crippen LogP contribution in [0.15, 0.2) is 16.8 Å². The van der Waals surface area contributed by atoms with Gasteiger partial charge >= 0.3 is 0 Å². The molecule has 0 radical (unpaired) electrons.